The molecule has 2 saturated heterocycles. The fourth-order valence-corrected chi connectivity index (χ4v) is 3.94. The van der Waals surface area contributed by atoms with Crippen LogP contribution in [0.25, 0.3) is 0 Å². The van der Waals surface area contributed by atoms with E-state index >= 15 is 0 Å². The summed E-state index contributed by atoms with van der Waals surface area (Å²) in [7, 11) is 0. The Morgan fingerprint density at radius 1 is 1.17 bits per heavy atom. The molecule has 0 spiro atoms. The van der Waals surface area contributed by atoms with Crippen molar-refractivity contribution in [2.24, 2.45) is 4.99 Å². The van der Waals surface area contributed by atoms with Gasteiger partial charge in [-0.2, -0.15) is 0 Å². The summed E-state index contributed by atoms with van der Waals surface area (Å²) in [6.45, 7) is 10.5. The molecular weight excluding hydrogens is 302 g/mol. The summed E-state index contributed by atoms with van der Waals surface area (Å²) in [5.41, 5.74) is 0. The third-order valence-electron chi connectivity index (χ3n) is 5.49. The average molecular weight is 335 g/mol. The largest absolute Gasteiger partial charge is 0.357 e. The summed E-state index contributed by atoms with van der Waals surface area (Å²) in [6, 6.07) is 1.08. The molecule has 1 atom stereocenters. The second-order valence-corrected chi connectivity index (χ2v) is 7.21. The molecule has 6 heteroatoms. The monoisotopic (exact) mass is 335 g/mol. The molecule has 0 aromatic carbocycles. The first kappa shape index (κ1) is 17.5. The van der Waals surface area contributed by atoms with Crippen molar-refractivity contribution in [3.05, 3.63) is 0 Å². The summed E-state index contributed by atoms with van der Waals surface area (Å²) in [5.74, 6) is 1.19. The number of piperazine rings is 1. The van der Waals surface area contributed by atoms with Crippen LogP contribution < -0.4 is 5.32 Å². The summed E-state index contributed by atoms with van der Waals surface area (Å²) in [4.78, 5) is 24.1. The third-order valence-corrected chi connectivity index (χ3v) is 5.49. The van der Waals surface area contributed by atoms with Crippen LogP contribution in [0.5, 0.6) is 0 Å². The van der Waals surface area contributed by atoms with E-state index < -0.39 is 0 Å². The second-order valence-electron chi connectivity index (χ2n) is 7.21. The summed E-state index contributed by atoms with van der Waals surface area (Å²) in [6.07, 6.45) is 6.24. The van der Waals surface area contributed by atoms with Gasteiger partial charge in [-0.15, -0.1) is 0 Å². The van der Waals surface area contributed by atoms with Crippen molar-refractivity contribution in [3.8, 4) is 0 Å². The number of amides is 1. The minimum Gasteiger partial charge on any atom is -0.357 e. The Kier molecular flexibility index (Phi) is 5.98. The van der Waals surface area contributed by atoms with Crippen molar-refractivity contribution in [2.75, 3.05) is 45.8 Å². The zero-order chi connectivity index (χ0) is 16.9. The van der Waals surface area contributed by atoms with Crippen LogP contribution in [0.15, 0.2) is 4.99 Å². The molecule has 3 fully saturated rings. The first-order valence-electron chi connectivity index (χ1n) is 9.79. The highest BCUT2D eigenvalue weighted by Gasteiger charge is 2.36. The van der Waals surface area contributed by atoms with Crippen molar-refractivity contribution < 1.29 is 4.79 Å². The van der Waals surface area contributed by atoms with Crippen LogP contribution in [0.1, 0.15) is 46.0 Å². The van der Waals surface area contributed by atoms with Crippen LogP contribution in [-0.4, -0.2) is 84.5 Å². The fourth-order valence-electron chi connectivity index (χ4n) is 3.94. The lowest BCUT2D eigenvalue weighted by Crippen LogP contribution is -2.56. The third kappa shape index (κ3) is 4.21. The molecule has 136 valence electrons. The highest BCUT2D eigenvalue weighted by molar-refractivity contribution is 5.88. The highest BCUT2D eigenvalue weighted by atomic mass is 16.2. The Bertz CT molecular complexity index is 462. The number of carbonyl (C=O) groups excluding carboxylic acids is 1. The summed E-state index contributed by atoms with van der Waals surface area (Å²) >= 11 is 0. The molecular formula is C18H33N5O. The first-order chi connectivity index (χ1) is 11.7. The van der Waals surface area contributed by atoms with Gasteiger partial charge in [-0.25, -0.2) is 0 Å². The van der Waals surface area contributed by atoms with Crippen LogP contribution in [-0.2, 0) is 4.79 Å². The van der Waals surface area contributed by atoms with Gasteiger partial charge >= 0.3 is 0 Å². The van der Waals surface area contributed by atoms with E-state index in [2.05, 4.69) is 33.9 Å². The number of carbonyl (C=O) groups is 1. The number of aliphatic imine (C=N–C) groups is 1. The Hall–Kier alpha value is -1.30. The molecule has 1 amide bonds. The topological polar surface area (TPSA) is 51.2 Å². The number of hydrogen-bond acceptors (Lipinski definition) is 3. The molecule has 1 unspecified atom stereocenters. The standard InChI is InChI=1S/C18H33N5O/c1-3-19-18(20-13-16-7-5-6-10-21(16)4-2)22-11-12-23(15-8-9-15)17(24)14-22/h15-16H,3-14H2,1-2H3,(H,19,20). The van der Waals surface area contributed by atoms with Crippen LogP contribution in [0.3, 0.4) is 0 Å². The predicted molar refractivity (Wildman–Crippen MR) is 97.2 cm³/mol. The molecule has 1 aliphatic carbocycles. The van der Waals surface area contributed by atoms with Gasteiger partial charge in [-0.3, -0.25) is 14.7 Å². The van der Waals surface area contributed by atoms with E-state index in [-0.39, 0.29) is 5.91 Å². The summed E-state index contributed by atoms with van der Waals surface area (Å²) < 4.78 is 0. The lowest BCUT2D eigenvalue weighted by Gasteiger charge is -2.37. The van der Waals surface area contributed by atoms with Crippen LogP contribution in [0, 0.1) is 0 Å². The number of piperidine rings is 1. The zero-order valence-corrected chi connectivity index (χ0v) is 15.3. The maximum absolute atomic E-state index is 12.4. The molecule has 6 nitrogen and oxygen atoms in total. The summed E-state index contributed by atoms with van der Waals surface area (Å²) in [5, 5.41) is 3.39. The van der Waals surface area contributed by atoms with Crippen LogP contribution in [0.2, 0.25) is 0 Å². The Balaban J connectivity index is 1.59. The number of rotatable bonds is 5. The molecule has 2 heterocycles. The maximum Gasteiger partial charge on any atom is 0.242 e. The Morgan fingerprint density at radius 3 is 2.67 bits per heavy atom. The molecule has 24 heavy (non-hydrogen) atoms. The van der Waals surface area contributed by atoms with Gasteiger partial charge in [0.15, 0.2) is 5.96 Å². The van der Waals surface area contributed by atoms with E-state index in [0.29, 0.717) is 18.6 Å². The minimum absolute atomic E-state index is 0.266. The van der Waals surface area contributed by atoms with Gasteiger partial charge in [-0.1, -0.05) is 13.3 Å². The van der Waals surface area contributed by atoms with E-state index in [1.165, 1.54) is 38.6 Å². The lowest BCUT2D eigenvalue weighted by molar-refractivity contribution is -0.135. The molecule has 0 aromatic heterocycles. The van der Waals surface area contributed by atoms with Gasteiger partial charge in [-0.05, 0) is 45.7 Å². The smallest absolute Gasteiger partial charge is 0.242 e. The predicted octanol–water partition coefficient (Wildman–Crippen LogP) is 1.13. The Labute approximate surface area is 146 Å². The quantitative estimate of drug-likeness (QED) is 0.604. The second kappa shape index (κ2) is 8.19. The number of nitrogens with one attached hydrogen (secondary N) is 1. The van der Waals surface area contributed by atoms with Gasteiger partial charge < -0.3 is 15.1 Å². The van der Waals surface area contributed by atoms with E-state index in [1.807, 2.05) is 0 Å². The van der Waals surface area contributed by atoms with Gasteiger partial charge in [0.05, 0.1) is 13.1 Å². The molecule has 0 aromatic rings. The number of nitrogens with zero attached hydrogens (tertiary/aromatic N) is 4. The van der Waals surface area contributed by atoms with Crippen LogP contribution in [0.4, 0.5) is 0 Å². The first-order valence-corrected chi connectivity index (χ1v) is 9.79. The molecule has 2 aliphatic heterocycles. The van der Waals surface area contributed by atoms with Crippen molar-refractivity contribution in [3.63, 3.8) is 0 Å². The molecule has 1 N–H and O–H groups in total. The fraction of sp³-hybridized carbons (Fsp3) is 0.889. The van der Waals surface area contributed by atoms with Gasteiger partial charge in [0, 0.05) is 31.7 Å². The van der Waals surface area contributed by atoms with Gasteiger partial charge in [0.2, 0.25) is 5.91 Å². The minimum atomic E-state index is 0.266. The number of likely N-dealkylation sites (tertiary alicyclic amines) is 1. The van der Waals surface area contributed by atoms with E-state index in [0.717, 1.165) is 38.7 Å². The maximum atomic E-state index is 12.4. The normalized spacial score (nSPS) is 26.8. The van der Waals surface area contributed by atoms with E-state index in [9.17, 15) is 4.79 Å². The van der Waals surface area contributed by atoms with Crippen molar-refractivity contribution >= 4 is 11.9 Å². The average Bonchev–Trinajstić information content (AvgIpc) is 3.43. The van der Waals surface area contributed by atoms with Gasteiger partial charge in [0.1, 0.15) is 0 Å². The molecule has 0 radical (unpaired) electrons. The number of hydrogen-bond donors (Lipinski definition) is 1. The molecule has 1 saturated carbocycles. The van der Waals surface area contributed by atoms with E-state index in [1.54, 1.807) is 0 Å². The van der Waals surface area contributed by atoms with Crippen molar-refractivity contribution in [1.29, 1.82) is 0 Å². The SMILES string of the molecule is CCNC(=NCC1CCCCN1CC)N1CCN(C2CC2)C(=O)C1. The molecule has 3 rings (SSSR count). The number of likely N-dealkylation sites (N-methyl/N-ethyl adjacent to an activating group) is 1. The molecule has 0 bridgehead atoms. The Morgan fingerprint density at radius 2 is 2.00 bits per heavy atom. The molecule has 3 aliphatic rings. The van der Waals surface area contributed by atoms with Gasteiger partial charge in [0.25, 0.3) is 0 Å². The number of guanidine groups is 1. The zero-order valence-electron chi connectivity index (χ0n) is 15.3. The van der Waals surface area contributed by atoms with Crippen molar-refractivity contribution in [1.82, 2.24) is 20.0 Å². The highest BCUT2D eigenvalue weighted by Crippen LogP contribution is 2.28. The lowest BCUT2D eigenvalue weighted by atomic mass is 10.0. The van der Waals surface area contributed by atoms with Crippen LogP contribution >= 0.6 is 0 Å². The van der Waals surface area contributed by atoms with Crippen molar-refractivity contribution in [2.45, 2.75) is 58.0 Å². The van der Waals surface area contributed by atoms with E-state index in [4.69, 9.17) is 4.99 Å².